The molecule has 0 aliphatic heterocycles. The predicted octanol–water partition coefficient (Wildman–Crippen LogP) is 7.24. The molecule has 0 N–H and O–H groups in total. The van der Waals surface area contributed by atoms with Gasteiger partial charge in [0.25, 0.3) is 0 Å². The van der Waals surface area contributed by atoms with Gasteiger partial charge in [0.1, 0.15) is 5.69 Å². The van der Waals surface area contributed by atoms with Crippen molar-refractivity contribution >= 4 is 44.6 Å². The number of rotatable bonds is 3. The smallest absolute Gasteiger partial charge is 0.309 e. The molecule has 6 nitrogen and oxygen atoms in total. The first-order valence-electron chi connectivity index (χ1n) is 10.7. The van der Waals surface area contributed by atoms with E-state index < -0.39 is 0 Å². The van der Waals surface area contributed by atoms with Crippen molar-refractivity contribution in [2.24, 2.45) is 5.18 Å². The van der Waals surface area contributed by atoms with Gasteiger partial charge in [-0.15, -0.1) is 4.91 Å². The molecule has 0 saturated carbocycles. The summed E-state index contributed by atoms with van der Waals surface area (Å²) in [6.07, 6.45) is 0. The summed E-state index contributed by atoms with van der Waals surface area (Å²) in [6.45, 7) is 0. The Labute approximate surface area is 187 Å². The van der Waals surface area contributed by atoms with Gasteiger partial charge in [-0.2, -0.15) is 4.98 Å². The van der Waals surface area contributed by atoms with Gasteiger partial charge in [-0.1, -0.05) is 60.7 Å². The molecule has 3 aromatic heterocycles. The topological polar surface area (TPSA) is 64.8 Å². The molecule has 3 heterocycles. The summed E-state index contributed by atoms with van der Waals surface area (Å²) in [7, 11) is 0. The number of imidazole rings is 1. The molecule has 0 fully saturated rings. The molecular weight excluding hydrogens is 412 g/mol. The van der Waals surface area contributed by atoms with Gasteiger partial charge in [-0.25, -0.2) is 4.40 Å². The van der Waals surface area contributed by atoms with Gasteiger partial charge in [-0.05, 0) is 41.6 Å². The molecule has 0 atom stereocenters. The fourth-order valence-electron chi connectivity index (χ4n) is 4.75. The lowest BCUT2D eigenvalue weighted by Gasteiger charge is -2.08. The Hall–Kier alpha value is -4.71. The molecule has 0 amide bonds. The van der Waals surface area contributed by atoms with E-state index >= 15 is 0 Å². The largest absolute Gasteiger partial charge is 0.423 e. The minimum Gasteiger partial charge on any atom is -0.423 e. The molecule has 0 radical (unpaired) electrons. The van der Waals surface area contributed by atoms with Crippen LogP contribution in [0.3, 0.4) is 0 Å². The summed E-state index contributed by atoms with van der Waals surface area (Å²) in [5.74, 6) is 0.590. The fourth-order valence-corrected chi connectivity index (χ4v) is 4.75. The number of nitrogens with zero attached hydrogens (tertiary/aromatic N) is 4. The Balaban J connectivity index is 1.41. The van der Waals surface area contributed by atoms with Gasteiger partial charge in [0.05, 0.1) is 16.6 Å². The summed E-state index contributed by atoms with van der Waals surface area (Å²) in [6, 6.07) is 32.3. The van der Waals surface area contributed by atoms with Crippen molar-refractivity contribution in [2.75, 3.05) is 0 Å². The highest BCUT2D eigenvalue weighted by Crippen LogP contribution is 2.36. The van der Waals surface area contributed by atoms with Crippen molar-refractivity contribution in [3.63, 3.8) is 0 Å². The van der Waals surface area contributed by atoms with Crippen LogP contribution < -0.4 is 0 Å². The fraction of sp³-hybridized carbons (Fsp3) is 0. The van der Waals surface area contributed by atoms with Crippen molar-refractivity contribution in [3.8, 4) is 16.9 Å². The van der Waals surface area contributed by atoms with Crippen LogP contribution in [0.2, 0.25) is 0 Å². The number of benzene rings is 4. The van der Waals surface area contributed by atoms with Crippen molar-refractivity contribution in [1.82, 2.24) is 14.0 Å². The molecule has 4 aromatic carbocycles. The molecule has 0 bridgehead atoms. The first kappa shape index (κ1) is 17.9. The third-order valence-corrected chi connectivity index (χ3v) is 6.20. The van der Waals surface area contributed by atoms with Crippen LogP contribution in [0.1, 0.15) is 0 Å². The predicted molar refractivity (Wildman–Crippen MR) is 130 cm³/mol. The van der Waals surface area contributed by atoms with Gasteiger partial charge >= 0.3 is 5.84 Å². The zero-order chi connectivity index (χ0) is 21.9. The zero-order valence-electron chi connectivity index (χ0n) is 17.3. The number of aromatic nitrogens is 3. The quantitative estimate of drug-likeness (QED) is 0.279. The van der Waals surface area contributed by atoms with Crippen molar-refractivity contribution in [2.45, 2.75) is 0 Å². The number of oxazole rings is 1. The average molecular weight is 428 g/mol. The Kier molecular flexibility index (Phi) is 3.61. The number of hydrogen-bond donors (Lipinski definition) is 0. The third kappa shape index (κ3) is 2.46. The standard InChI is InChI=1S/C27H16N4O2/c32-29-26-25(28-27-31(26)23-11-5-6-12-24(23)33-27)17-13-15-18(16-14-17)30-21-9-3-1-7-19(21)20-8-2-4-10-22(20)30/h1-16H. The van der Waals surface area contributed by atoms with Crippen LogP contribution in [-0.4, -0.2) is 14.0 Å². The summed E-state index contributed by atoms with van der Waals surface area (Å²) in [4.78, 5) is 16.4. The Morgan fingerprint density at radius 2 is 1.30 bits per heavy atom. The van der Waals surface area contributed by atoms with Gasteiger partial charge in [0, 0.05) is 22.0 Å². The lowest BCUT2D eigenvalue weighted by molar-refractivity contribution is 0.642. The van der Waals surface area contributed by atoms with E-state index in [4.69, 9.17) is 4.42 Å². The highest BCUT2D eigenvalue weighted by atomic mass is 16.4. The normalized spacial score (nSPS) is 11.8. The number of para-hydroxylation sites is 4. The van der Waals surface area contributed by atoms with Gasteiger partial charge in [0.15, 0.2) is 5.58 Å². The van der Waals surface area contributed by atoms with E-state index in [2.05, 4.69) is 63.3 Å². The monoisotopic (exact) mass is 428 g/mol. The van der Waals surface area contributed by atoms with Crippen LogP contribution in [0.25, 0.3) is 55.7 Å². The van der Waals surface area contributed by atoms with Crippen LogP contribution in [0, 0.1) is 4.91 Å². The summed E-state index contributed by atoms with van der Waals surface area (Å²) >= 11 is 0. The van der Waals surface area contributed by atoms with E-state index in [-0.39, 0.29) is 5.82 Å². The molecule has 6 heteroatoms. The molecule has 156 valence electrons. The van der Waals surface area contributed by atoms with Gasteiger partial charge in [0.2, 0.25) is 5.82 Å². The Bertz CT molecular complexity index is 1780. The molecular formula is C27H16N4O2. The summed E-state index contributed by atoms with van der Waals surface area (Å²) < 4.78 is 9.74. The van der Waals surface area contributed by atoms with Gasteiger partial charge < -0.3 is 8.98 Å². The maximum Gasteiger partial charge on any atom is 0.309 e. The second-order valence-corrected chi connectivity index (χ2v) is 7.98. The SMILES string of the molecule is O=Nc1c(-c2ccc(-n3c4ccccc4c4ccccc43)cc2)nc2oc3ccccc3n12. The van der Waals surface area contributed by atoms with Crippen LogP contribution in [0.15, 0.2) is 107 Å². The Morgan fingerprint density at radius 3 is 1.97 bits per heavy atom. The van der Waals surface area contributed by atoms with Crippen molar-refractivity contribution in [1.29, 1.82) is 0 Å². The van der Waals surface area contributed by atoms with Crippen molar-refractivity contribution in [3.05, 3.63) is 102 Å². The minimum absolute atomic E-state index is 0.236. The van der Waals surface area contributed by atoms with Crippen LogP contribution >= 0.6 is 0 Å². The maximum absolute atomic E-state index is 11.8. The number of nitroso groups, excluding NO2 is 1. The lowest BCUT2D eigenvalue weighted by atomic mass is 10.1. The molecule has 0 spiro atoms. The van der Waals surface area contributed by atoms with E-state index in [1.807, 2.05) is 48.5 Å². The summed E-state index contributed by atoms with van der Waals surface area (Å²) in [5, 5.41) is 5.72. The maximum atomic E-state index is 11.8. The van der Waals surface area contributed by atoms with Gasteiger partial charge in [-0.3, -0.25) is 0 Å². The molecule has 7 aromatic rings. The molecule has 0 aliphatic rings. The lowest BCUT2D eigenvalue weighted by Crippen LogP contribution is -1.93. The Morgan fingerprint density at radius 1 is 0.697 bits per heavy atom. The van der Waals surface area contributed by atoms with E-state index in [0.717, 1.165) is 27.8 Å². The molecule has 0 unspecified atom stereocenters. The first-order valence-corrected chi connectivity index (χ1v) is 10.7. The van der Waals surface area contributed by atoms with Crippen LogP contribution in [0.5, 0.6) is 0 Å². The highest BCUT2D eigenvalue weighted by Gasteiger charge is 2.20. The second-order valence-electron chi connectivity index (χ2n) is 7.98. The molecule has 0 aliphatic carbocycles. The third-order valence-electron chi connectivity index (χ3n) is 6.20. The van der Waals surface area contributed by atoms with Crippen LogP contribution in [-0.2, 0) is 0 Å². The summed E-state index contributed by atoms with van der Waals surface area (Å²) in [5.41, 5.74) is 6.06. The molecule has 33 heavy (non-hydrogen) atoms. The average Bonchev–Trinajstić information content (AvgIpc) is 3.52. The van der Waals surface area contributed by atoms with Crippen LogP contribution in [0.4, 0.5) is 5.82 Å². The van der Waals surface area contributed by atoms with E-state index in [9.17, 15) is 4.91 Å². The molecule has 0 saturated heterocycles. The number of hydrogen-bond acceptors (Lipinski definition) is 4. The zero-order valence-corrected chi connectivity index (χ0v) is 17.3. The van der Waals surface area contributed by atoms with E-state index in [1.54, 1.807) is 4.40 Å². The van der Waals surface area contributed by atoms with E-state index in [0.29, 0.717) is 17.1 Å². The highest BCUT2D eigenvalue weighted by molar-refractivity contribution is 6.09. The molecule has 7 rings (SSSR count). The minimum atomic E-state index is 0.236. The number of fused-ring (bicyclic) bond motifs is 6. The first-order chi connectivity index (χ1) is 16.3. The van der Waals surface area contributed by atoms with Crippen molar-refractivity contribution < 1.29 is 4.42 Å². The second kappa shape index (κ2) is 6.64. The van der Waals surface area contributed by atoms with E-state index in [1.165, 1.54) is 10.8 Å².